The second-order valence-corrected chi connectivity index (χ2v) is 16.8. The Labute approximate surface area is 116 Å². The van der Waals surface area contributed by atoms with Gasteiger partial charge in [0.15, 0.2) is 8.32 Å². The van der Waals surface area contributed by atoms with E-state index in [2.05, 4.69) is 67.4 Å². The van der Waals surface area contributed by atoms with E-state index >= 15 is 0 Å². The molecule has 0 aliphatic heterocycles. The molecule has 0 saturated heterocycles. The van der Waals surface area contributed by atoms with E-state index in [0.29, 0.717) is 0 Å². The molecule has 1 atom stereocenters. The average molecular weight is 289 g/mol. The summed E-state index contributed by atoms with van der Waals surface area (Å²) >= 11 is 0. The van der Waals surface area contributed by atoms with Crippen molar-refractivity contribution < 1.29 is 8.85 Å². The summed E-state index contributed by atoms with van der Waals surface area (Å²) in [5, 5.41) is 0.251. The van der Waals surface area contributed by atoms with Crippen LogP contribution < -0.4 is 0 Å². The molecule has 108 valence electrons. The van der Waals surface area contributed by atoms with Crippen LogP contribution in [0.2, 0.25) is 37.8 Å². The molecule has 0 fully saturated rings. The van der Waals surface area contributed by atoms with E-state index in [-0.39, 0.29) is 11.1 Å². The molecule has 18 heavy (non-hydrogen) atoms. The normalized spacial score (nSPS) is 16.7. The molecule has 0 rings (SSSR count). The van der Waals surface area contributed by atoms with E-state index in [9.17, 15) is 0 Å². The molecule has 0 heterocycles. The monoisotopic (exact) mass is 288 g/mol. The van der Waals surface area contributed by atoms with Gasteiger partial charge < -0.3 is 8.85 Å². The Hall–Kier alpha value is -0.0662. The van der Waals surface area contributed by atoms with E-state index in [1.165, 1.54) is 5.57 Å². The first-order valence-corrected chi connectivity index (χ1v) is 13.1. The molecule has 0 saturated carbocycles. The van der Waals surface area contributed by atoms with Crippen molar-refractivity contribution in [1.82, 2.24) is 0 Å². The number of rotatable bonds is 5. The molecule has 0 aromatic rings. The maximum Gasteiger partial charge on any atom is 0.241 e. The Bertz CT molecular complexity index is 296. The molecule has 4 heteroatoms. The summed E-state index contributed by atoms with van der Waals surface area (Å²) in [5.41, 5.74) is 1.18. The van der Waals surface area contributed by atoms with E-state index in [0.717, 1.165) is 0 Å². The van der Waals surface area contributed by atoms with Crippen LogP contribution in [0.1, 0.15) is 34.6 Å². The zero-order valence-electron chi connectivity index (χ0n) is 14.0. The van der Waals surface area contributed by atoms with Crippen LogP contribution in [0, 0.1) is 0 Å². The molecule has 0 N–H and O–H groups in total. The molecular formula is C14H32O2Si2. The first-order valence-electron chi connectivity index (χ1n) is 6.78. The van der Waals surface area contributed by atoms with Gasteiger partial charge in [-0.15, -0.1) is 0 Å². The van der Waals surface area contributed by atoms with Crippen molar-refractivity contribution in [2.45, 2.75) is 78.5 Å². The van der Waals surface area contributed by atoms with Gasteiger partial charge in [-0.3, -0.25) is 0 Å². The van der Waals surface area contributed by atoms with Crippen molar-refractivity contribution in [2.75, 3.05) is 0 Å². The zero-order chi connectivity index (χ0) is 14.8. The third-order valence-electron chi connectivity index (χ3n) is 3.52. The zero-order valence-corrected chi connectivity index (χ0v) is 16.0. The summed E-state index contributed by atoms with van der Waals surface area (Å²) in [4.78, 5) is 0. The van der Waals surface area contributed by atoms with Crippen LogP contribution in [-0.2, 0) is 8.85 Å². The minimum Gasteiger partial charge on any atom is -0.550 e. The lowest BCUT2D eigenvalue weighted by Gasteiger charge is -2.38. The molecular weight excluding hydrogens is 256 g/mol. The van der Waals surface area contributed by atoms with Gasteiger partial charge in [0.1, 0.15) is 0 Å². The SMILES string of the molecule is C/C(=C\O[Si](C)(C)C)C(C)O[Si](C)(C)C(C)(C)C. The lowest BCUT2D eigenvalue weighted by molar-refractivity contribution is 0.228. The highest BCUT2D eigenvalue weighted by atomic mass is 28.4. The van der Waals surface area contributed by atoms with Gasteiger partial charge in [-0.2, -0.15) is 0 Å². The molecule has 0 aromatic heterocycles. The average Bonchev–Trinajstić information content (AvgIpc) is 2.10. The maximum absolute atomic E-state index is 6.34. The minimum atomic E-state index is -1.69. The van der Waals surface area contributed by atoms with Crippen LogP contribution in [-0.4, -0.2) is 22.7 Å². The van der Waals surface area contributed by atoms with Crippen molar-refractivity contribution in [1.29, 1.82) is 0 Å². The fraction of sp³-hybridized carbons (Fsp3) is 0.857. The van der Waals surface area contributed by atoms with Crippen molar-refractivity contribution in [3.63, 3.8) is 0 Å². The van der Waals surface area contributed by atoms with Crippen molar-refractivity contribution in [3.8, 4) is 0 Å². The Morgan fingerprint density at radius 2 is 1.50 bits per heavy atom. The number of hydrogen-bond acceptors (Lipinski definition) is 2. The van der Waals surface area contributed by atoms with Crippen LogP contribution in [0.3, 0.4) is 0 Å². The van der Waals surface area contributed by atoms with Crippen molar-refractivity contribution in [3.05, 3.63) is 11.8 Å². The number of hydrogen-bond donors (Lipinski definition) is 0. The van der Waals surface area contributed by atoms with Gasteiger partial charge in [0.05, 0.1) is 12.4 Å². The van der Waals surface area contributed by atoms with Crippen LogP contribution >= 0.6 is 0 Å². The smallest absolute Gasteiger partial charge is 0.241 e. The van der Waals surface area contributed by atoms with Gasteiger partial charge in [-0.05, 0) is 57.2 Å². The van der Waals surface area contributed by atoms with Gasteiger partial charge in [-0.1, -0.05) is 20.8 Å². The standard InChI is InChI=1S/C14H32O2Si2/c1-12(11-15-17(6,7)8)13(2)16-18(9,10)14(3,4)5/h11,13H,1-10H3/b12-11+. The third-order valence-corrected chi connectivity index (χ3v) is 8.90. The largest absolute Gasteiger partial charge is 0.550 e. The van der Waals surface area contributed by atoms with Crippen LogP contribution in [0.4, 0.5) is 0 Å². The van der Waals surface area contributed by atoms with Gasteiger partial charge in [0, 0.05) is 0 Å². The summed E-state index contributed by atoms with van der Waals surface area (Å²) < 4.78 is 12.2. The highest BCUT2D eigenvalue weighted by Crippen LogP contribution is 2.37. The lowest BCUT2D eigenvalue weighted by Crippen LogP contribution is -2.43. The van der Waals surface area contributed by atoms with E-state index in [4.69, 9.17) is 8.85 Å². The van der Waals surface area contributed by atoms with Crippen molar-refractivity contribution in [2.24, 2.45) is 0 Å². The van der Waals surface area contributed by atoms with Crippen LogP contribution in [0.15, 0.2) is 11.8 Å². The quantitative estimate of drug-likeness (QED) is 0.514. The Kier molecular flexibility index (Phi) is 5.90. The Balaban J connectivity index is 4.64. The van der Waals surface area contributed by atoms with E-state index in [1.54, 1.807) is 0 Å². The van der Waals surface area contributed by atoms with Gasteiger partial charge >= 0.3 is 0 Å². The highest BCUT2D eigenvalue weighted by molar-refractivity contribution is 6.74. The predicted octanol–water partition coefficient (Wildman–Crippen LogP) is 5.15. The van der Waals surface area contributed by atoms with E-state index in [1.807, 2.05) is 6.26 Å². The summed E-state index contributed by atoms with van der Waals surface area (Å²) in [6.07, 6.45) is 2.05. The Morgan fingerprint density at radius 3 is 1.83 bits per heavy atom. The summed E-state index contributed by atoms with van der Waals surface area (Å²) in [5.74, 6) is 0. The molecule has 0 bridgehead atoms. The molecule has 2 nitrogen and oxygen atoms in total. The van der Waals surface area contributed by atoms with Crippen LogP contribution in [0.5, 0.6) is 0 Å². The lowest BCUT2D eigenvalue weighted by atomic mass is 10.2. The minimum absolute atomic E-state index is 0.141. The fourth-order valence-corrected chi connectivity index (χ4v) is 3.04. The molecule has 0 aromatic carbocycles. The topological polar surface area (TPSA) is 18.5 Å². The van der Waals surface area contributed by atoms with Gasteiger partial charge in [0.2, 0.25) is 8.32 Å². The molecule has 0 amide bonds. The van der Waals surface area contributed by atoms with Crippen LogP contribution in [0.25, 0.3) is 0 Å². The highest BCUT2D eigenvalue weighted by Gasteiger charge is 2.38. The second kappa shape index (κ2) is 5.93. The summed E-state index contributed by atoms with van der Waals surface area (Å²) in [6, 6.07) is 0. The molecule has 0 spiro atoms. The predicted molar refractivity (Wildman–Crippen MR) is 85.9 cm³/mol. The molecule has 0 radical (unpaired) electrons. The second-order valence-electron chi connectivity index (χ2n) is 7.61. The molecule has 1 unspecified atom stereocenters. The van der Waals surface area contributed by atoms with E-state index < -0.39 is 16.6 Å². The van der Waals surface area contributed by atoms with Gasteiger partial charge in [-0.25, -0.2) is 0 Å². The molecule has 0 aliphatic carbocycles. The first kappa shape index (κ1) is 17.9. The third kappa shape index (κ3) is 6.20. The molecule has 0 aliphatic rings. The Morgan fingerprint density at radius 1 is 1.06 bits per heavy atom. The summed E-state index contributed by atoms with van der Waals surface area (Å²) in [6.45, 7) is 22.2. The van der Waals surface area contributed by atoms with Crippen molar-refractivity contribution >= 4 is 16.6 Å². The maximum atomic E-state index is 6.34. The van der Waals surface area contributed by atoms with Gasteiger partial charge in [0.25, 0.3) is 0 Å². The summed E-state index contributed by atoms with van der Waals surface area (Å²) in [7, 11) is -3.17. The first-order chi connectivity index (χ1) is 7.76. The fourth-order valence-electron chi connectivity index (χ4n) is 1.08.